The van der Waals surface area contributed by atoms with Crippen LogP contribution in [0.2, 0.25) is 0 Å². The SMILES string of the molecule is C#CCC(CC)N1C(=O)CNC(=O)C1c1ccccc1. The fourth-order valence-corrected chi connectivity index (χ4v) is 2.56. The Kier molecular flexibility index (Phi) is 4.41. The maximum Gasteiger partial charge on any atom is 0.247 e. The van der Waals surface area contributed by atoms with Gasteiger partial charge in [-0.15, -0.1) is 12.3 Å². The van der Waals surface area contributed by atoms with Crippen LogP contribution in [0.3, 0.4) is 0 Å². The second-order valence-electron chi connectivity index (χ2n) is 4.80. The van der Waals surface area contributed by atoms with Gasteiger partial charge in [0.15, 0.2) is 0 Å². The van der Waals surface area contributed by atoms with Crippen LogP contribution in [0.15, 0.2) is 30.3 Å². The monoisotopic (exact) mass is 270 g/mol. The van der Waals surface area contributed by atoms with Crippen LogP contribution < -0.4 is 5.32 Å². The number of rotatable bonds is 4. The Hall–Kier alpha value is -2.28. The summed E-state index contributed by atoms with van der Waals surface area (Å²) < 4.78 is 0. The molecule has 0 aromatic heterocycles. The van der Waals surface area contributed by atoms with Crippen molar-refractivity contribution in [1.82, 2.24) is 10.2 Å². The zero-order chi connectivity index (χ0) is 14.5. The molecule has 0 radical (unpaired) electrons. The first kappa shape index (κ1) is 14.1. The largest absolute Gasteiger partial charge is 0.345 e. The molecule has 20 heavy (non-hydrogen) atoms. The maximum atomic E-state index is 12.2. The van der Waals surface area contributed by atoms with Crippen LogP contribution in [0.4, 0.5) is 0 Å². The number of carbonyl (C=O) groups is 2. The number of carbonyl (C=O) groups excluding carboxylic acids is 2. The summed E-state index contributed by atoms with van der Waals surface area (Å²) in [5.74, 6) is 2.37. The van der Waals surface area contributed by atoms with Gasteiger partial charge >= 0.3 is 0 Å². The first-order chi connectivity index (χ1) is 9.69. The van der Waals surface area contributed by atoms with Crippen LogP contribution >= 0.6 is 0 Å². The van der Waals surface area contributed by atoms with Gasteiger partial charge in [0.25, 0.3) is 0 Å². The van der Waals surface area contributed by atoms with Crippen molar-refractivity contribution in [2.24, 2.45) is 0 Å². The third-order valence-electron chi connectivity index (χ3n) is 3.56. The molecule has 4 heteroatoms. The number of nitrogens with one attached hydrogen (secondary N) is 1. The Morgan fingerprint density at radius 3 is 2.70 bits per heavy atom. The third kappa shape index (κ3) is 2.67. The van der Waals surface area contributed by atoms with E-state index < -0.39 is 6.04 Å². The van der Waals surface area contributed by atoms with Crippen LogP contribution in [0.25, 0.3) is 0 Å². The van der Waals surface area contributed by atoms with Gasteiger partial charge in [-0.1, -0.05) is 37.3 Å². The minimum Gasteiger partial charge on any atom is -0.345 e. The number of hydrogen-bond donors (Lipinski definition) is 1. The molecule has 1 aromatic carbocycles. The van der Waals surface area contributed by atoms with Crippen molar-refractivity contribution in [3.8, 4) is 12.3 Å². The van der Waals surface area contributed by atoms with Crippen molar-refractivity contribution in [2.75, 3.05) is 6.54 Å². The zero-order valence-corrected chi connectivity index (χ0v) is 11.5. The normalized spacial score (nSPS) is 20.2. The van der Waals surface area contributed by atoms with Gasteiger partial charge in [-0.2, -0.15) is 0 Å². The van der Waals surface area contributed by atoms with E-state index in [0.29, 0.717) is 6.42 Å². The van der Waals surface area contributed by atoms with Crippen LogP contribution in [-0.4, -0.2) is 29.3 Å². The maximum absolute atomic E-state index is 12.2. The molecule has 2 rings (SSSR count). The van der Waals surface area contributed by atoms with Crippen molar-refractivity contribution < 1.29 is 9.59 Å². The molecule has 2 amide bonds. The average molecular weight is 270 g/mol. The standard InChI is InChI=1S/C16H18N2O2/c1-3-8-13(4-2)18-14(19)11-17-16(20)15(18)12-9-6-5-7-10-12/h1,5-7,9-10,13,15H,4,8,11H2,2H3,(H,17,20). The Labute approximate surface area is 119 Å². The molecule has 1 N–H and O–H groups in total. The number of piperazine rings is 1. The predicted molar refractivity (Wildman–Crippen MR) is 76.6 cm³/mol. The molecule has 0 spiro atoms. The number of amides is 2. The summed E-state index contributed by atoms with van der Waals surface area (Å²) in [4.78, 5) is 26.1. The summed E-state index contributed by atoms with van der Waals surface area (Å²) in [7, 11) is 0. The molecule has 104 valence electrons. The Bertz CT molecular complexity index is 533. The molecule has 1 saturated heterocycles. The fourth-order valence-electron chi connectivity index (χ4n) is 2.56. The molecule has 1 aliphatic rings. The molecule has 1 aromatic rings. The number of nitrogens with zero attached hydrogens (tertiary/aromatic N) is 1. The first-order valence-corrected chi connectivity index (χ1v) is 6.76. The van der Waals surface area contributed by atoms with Crippen LogP contribution in [-0.2, 0) is 9.59 Å². The zero-order valence-electron chi connectivity index (χ0n) is 11.5. The molecule has 0 aliphatic carbocycles. The molecule has 0 saturated carbocycles. The van der Waals surface area contributed by atoms with E-state index in [4.69, 9.17) is 6.42 Å². The van der Waals surface area contributed by atoms with Gasteiger partial charge in [0, 0.05) is 12.5 Å². The molecule has 2 unspecified atom stereocenters. The van der Waals surface area contributed by atoms with Gasteiger partial charge in [0.05, 0.1) is 6.54 Å². The summed E-state index contributed by atoms with van der Waals surface area (Å²) in [6.45, 7) is 2.02. The van der Waals surface area contributed by atoms with Crippen molar-refractivity contribution in [1.29, 1.82) is 0 Å². The molecule has 1 heterocycles. The molecule has 2 atom stereocenters. The van der Waals surface area contributed by atoms with Crippen molar-refractivity contribution in [3.05, 3.63) is 35.9 Å². The number of terminal acetylenes is 1. The molecule has 4 nitrogen and oxygen atoms in total. The Morgan fingerprint density at radius 2 is 2.10 bits per heavy atom. The Morgan fingerprint density at radius 1 is 1.40 bits per heavy atom. The van der Waals surface area contributed by atoms with Gasteiger partial charge < -0.3 is 10.2 Å². The van der Waals surface area contributed by atoms with Crippen LogP contribution in [0.5, 0.6) is 0 Å². The second-order valence-corrected chi connectivity index (χ2v) is 4.80. The smallest absolute Gasteiger partial charge is 0.247 e. The molecular weight excluding hydrogens is 252 g/mol. The lowest BCUT2D eigenvalue weighted by molar-refractivity contribution is -0.148. The van der Waals surface area contributed by atoms with E-state index in [1.54, 1.807) is 4.90 Å². The average Bonchev–Trinajstić information content (AvgIpc) is 2.48. The first-order valence-electron chi connectivity index (χ1n) is 6.76. The highest BCUT2D eigenvalue weighted by Gasteiger charge is 2.38. The summed E-state index contributed by atoms with van der Waals surface area (Å²) in [6.07, 6.45) is 6.57. The molecule has 1 fully saturated rings. The number of benzene rings is 1. The van der Waals surface area contributed by atoms with E-state index in [9.17, 15) is 9.59 Å². The lowest BCUT2D eigenvalue weighted by atomic mass is 9.98. The van der Waals surface area contributed by atoms with E-state index in [-0.39, 0.29) is 24.4 Å². The van der Waals surface area contributed by atoms with Gasteiger partial charge in [-0.3, -0.25) is 9.59 Å². The minimum absolute atomic E-state index is 0.0449. The van der Waals surface area contributed by atoms with E-state index in [1.807, 2.05) is 37.3 Å². The minimum atomic E-state index is -0.587. The third-order valence-corrected chi connectivity index (χ3v) is 3.56. The fraction of sp³-hybridized carbons (Fsp3) is 0.375. The lowest BCUT2D eigenvalue weighted by Gasteiger charge is -2.39. The summed E-state index contributed by atoms with van der Waals surface area (Å²) >= 11 is 0. The summed E-state index contributed by atoms with van der Waals surface area (Å²) in [5, 5.41) is 2.65. The second kappa shape index (κ2) is 6.25. The predicted octanol–water partition coefficient (Wildman–Crippen LogP) is 1.49. The lowest BCUT2D eigenvalue weighted by Crippen LogP contribution is -2.56. The van der Waals surface area contributed by atoms with Crippen LogP contribution in [0, 0.1) is 12.3 Å². The van der Waals surface area contributed by atoms with Crippen LogP contribution in [0.1, 0.15) is 31.4 Å². The Balaban J connectivity index is 2.39. The highest BCUT2D eigenvalue weighted by Crippen LogP contribution is 2.28. The van der Waals surface area contributed by atoms with Gasteiger partial charge in [0.2, 0.25) is 11.8 Å². The van der Waals surface area contributed by atoms with E-state index in [1.165, 1.54) is 0 Å². The van der Waals surface area contributed by atoms with E-state index in [2.05, 4.69) is 11.2 Å². The van der Waals surface area contributed by atoms with Crippen molar-refractivity contribution in [2.45, 2.75) is 31.8 Å². The van der Waals surface area contributed by atoms with E-state index >= 15 is 0 Å². The highest BCUT2D eigenvalue weighted by molar-refractivity contribution is 5.95. The summed E-state index contributed by atoms with van der Waals surface area (Å²) in [6, 6.07) is 8.63. The van der Waals surface area contributed by atoms with Gasteiger partial charge in [-0.05, 0) is 12.0 Å². The van der Waals surface area contributed by atoms with Crippen molar-refractivity contribution in [3.63, 3.8) is 0 Å². The molecule has 0 bridgehead atoms. The van der Waals surface area contributed by atoms with Gasteiger partial charge in [-0.25, -0.2) is 0 Å². The quantitative estimate of drug-likeness (QED) is 0.843. The molecular formula is C16H18N2O2. The van der Waals surface area contributed by atoms with Gasteiger partial charge in [0.1, 0.15) is 6.04 Å². The highest BCUT2D eigenvalue weighted by atomic mass is 16.2. The van der Waals surface area contributed by atoms with E-state index in [0.717, 1.165) is 12.0 Å². The van der Waals surface area contributed by atoms with Crippen molar-refractivity contribution >= 4 is 11.8 Å². The number of hydrogen-bond acceptors (Lipinski definition) is 2. The summed E-state index contributed by atoms with van der Waals surface area (Å²) in [5.41, 5.74) is 0.813. The topological polar surface area (TPSA) is 49.4 Å². The molecule has 1 aliphatic heterocycles.